The molecule has 2 aromatic heterocycles. The molecule has 0 aliphatic heterocycles. The zero-order valence-corrected chi connectivity index (χ0v) is 16.0. The van der Waals surface area contributed by atoms with E-state index in [4.69, 9.17) is 5.11 Å². The lowest BCUT2D eigenvalue weighted by Gasteiger charge is -2.08. The second-order valence-electron chi connectivity index (χ2n) is 6.20. The number of pyridine rings is 1. The zero-order valence-electron chi connectivity index (χ0n) is 15.1. The Hall–Kier alpha value is -3.17. The summed E-state index contributed by atoms with van der Waals surface area (Å²) >= 11 is 0.754. The van der Waals surface area contributed by atoms with Crippen LogP contribution in [0.25, 0.3) is 22.3 Å². The quantitative estimate of drug-likeness (QED) is 0.504. The largest absolute Gasteiger partial charge is 0.388 e. The second kappa shape index (κ2) is 7.69. The van der Waals surface area contributed by atoms with Gasteiger partial charge >= 0.3 is 0 Å². The van der Waals surface area contributed by atoms with Gasteiger partial charge in [-0.1, -0.05) is 24.3 Å². The summed E-state index contributed by atoms with van der Waals surface area (Å²) in [5, 5.41) is 19.2. The second-order valence-corrected chi connectivity index (χ2v) is 7.18. The van der Waals surface area contributed by atoms with Crippen molar-refractivity contribution >= 4 is 28.3 Å². The maximum absolute atomic E-state index is 14.4. The van der Waals surface area contributed by atoms with Gasteiger partial charge in [-0.2, -0.15) is 0 Å². The molecule has 0 radical (unpaired) electrons. The molecule has 0 aliphatic rings. The van der Waals surface area contributed by atoms with Gasteiger partial charge in [-0.3, -0.25) is 9.78 Å². The number of carbonyl (C=O) groups is 1. The van der Waals surface area contributed by atoms with Crippen LogP contribution in [0.3, 0.4) is 0 Å². The molecule has 29 heavy (non-hydrogen) atoms. The van der Waals surface area contributed by atoms with Crippen LogP contribution in [-0.4, -0.2) is 37.2 Å². The number of fused-ring (bicyclic) bond motifs is 1. The van der Waals surface area contributed by atoms with E-state index in [2.05, 4.69) is 15.2 Å². The lowest BCUT2D eigenvalue weighted by Crippen LogP contribution is -2.06. The summed E-state index contributed by atoms with van der Waals surface area (Å²) in [5.74, 6) is -2.14. The highest BCUT2D eigenvalue weighted by Crippen LogP contribution is 2.34. The van der Waals surface area contributed by atoms with Gasteiger partial charge in [0, 0.05) is 24.2 Å². The molecule has 2 heterocycles. The number of carbonyl (C=O) groups excluding carboxylic acids is 1. The van der Waals surface area contributed by atoms with Crippen LogP contribution in [0.4, 0.5) is 8.78 Å². The van der Waals surface area contributed by atoms with E-state index in [0.29, 0.717) is 11.5 Å². The lowest BCUT2D eigenvalue weighted by molar-refractivity contribution is 0.0902. The number of nitrogens with zero attached hydrogens (tertiary/aromatic N) is 4. The molecule has 4 rings (SSSR count). The van der Waals surface area contributed by atoms with Crippen LogP contribution in [0, 0.1) is 11.6 Å². The third-order valence-electron chi connectivity index (χ3n) is 4.38. The molecule has 1 N–H and O–H groups in total. The Bertz CT molecular complexity index is 1210. The maximum Gasteiger partial charge on any atom is 0.196 e. The molecule has 0 bridgehead atoms. The first-order chi connectivity index (χ1) is 14.0. The molecule has 0 aliphatic carbocycles. The minimum Gasteiger partial charge on any atom is -0.388 e. The Kier molecular flexibility index (Phi) is 5.08. The molecular formula is C20H14F2N4O2S. The van der Waals surface area contributed by atoms with E-state index in [-0.39, 0.29) is 15.6 Å². The van der Waals surface area contributed by atoms with Crippen molar-refractivity contribution in [1.82, 2.24) is 19.7 Å². The van der Waals surface area contributed by atoms with Gasteiger partial charge in [0.2, 0.25) is 0 Å². The minimum absolute atomic E-state index is 0.231. The van der Waals surface area contributed by atoms with E-state index in [9.17, 15) is 13.6 Å². The van der Waals surface area contributed by atoms with Gasteiger partial charge in [0.05, 0.1) is 4.90 Å². The highest BCUT2D eigenvalue weighted by Gasteiger charge is 2.20. The maximum atomic E-state index is 14.4. The number of Topliss-reactive ketones (excluding diaryl/α,β-unsaturated/α-hetero) is 1. The van der Waals surface area contributed by atoms with Crippen LogP contribution in [0.2, 0.25) is 0 Å². The van der Waals surface area contributed by atoms with Crippen LogP contribution < -0.4 is 0 Å². The van der Waals surface area contributed by atoms with Crippen LogP contribution in [0.5, 0.6) is 0 Å². The Morgan fingerprint density at radius 2 is 1.86 bits per heavy atom. The number of rotatable bonds is 5. The number of aromatic nitrogens is 4. The number of hydrogen-bond acceptors (Lipinski definition) is 6. The van der Waals surface area contributed by atoms with Gasteiger partial charge in [0.25, 0.3) is 0 Å². The van der Waals surface area contributed by atoms with Crippen molar-refractivity contribution < 1.29 is 18.7 Å². The van der Waals surface area contributed by atoms with Crippen molar-refractivity contribution in [1.29, 1.82) is 0 Å². The number of aliphatic hydroxyl groups excluding tert-OH is 1. The highest BCUT2D eigenvalue weighted by atomic mass is 32.2. The molecule has 0 saturated heterocycles. The van der Waals surface area contributed by atoms with E-state index in [1.54, 1.807) is 17.8 Å². The first-order valence-corrected chi connectivity index (χ1v) is 9.35. The van der Waals surface area contributed by atoms with Crippen molar-refractivity contribution in [2.75, 3.05) is 6.61 Å². The Balaban J connectivity index is 1.73. The predicted molar refractivity (Wildman–Crippen MR) is 104 cm³/mol. The monoisotopic (exact) mass is 412 g/mol. The van der Waals surface area contributed by atoms with Gasteiger partial charge in [-0.05, 0) is 35.3 Å². The van der Waals surface area contributed by atoms with Gasteiger partial charge in [-0.25, -0.2) is 8.78 Å². The topological polar surface area (TPSA) is 80.9 Å². The summed E-state index contributed by atoms with van der Waals surface area (Å²) < 4.78 is 30.4. The van der Waals surface area contributed by atoms with E-state index in [1.807, 2.05) is 30.3 Å². The molecule has 0 unspecified atom stereocenters. The number of benzene rings is 2. The molecule has 2 aromatic carbocycles. The summed E-state index contributed by atoms with van der Waals surface area (Å²) in [6.45, 7) is -0.823. The summed E-state index contributed by atoms with van der Waals surface area (Å²) in [7, 11) is 1.68. The molecule has 6 nitrogen and oxygen atoms in total. The van der Waals surface area contributed by atoms with Gasteiger partial charge in [-0.15, -0.1) is 10.2 Å². The highest BCUT2D eigenvalue weighted by molar-refractivity contribution is 7.99. The molecule has 0 atom stereocenters. The van der Waals surface area contributed by atoms with Crippen LogP contribution in [-0.2, 0) is 7.05 Å². The van der Waals surface area contributed by atoms with Crippen LogP contribution in [0.1, 0.15) is 10.4 Å². The molecule has 4 aromatic rings. The van der Waals surface area contributed by atoms with Crippen molar-refractivity contribution in [2.45, 2.75) is 10.1 Å². The number of hydrogen-bond donors (Lipinski definition) is 1. The van der Waals surface area contributed by atoms with E-state index in [1.165, 1.54) is 0 Å². The lowest BCUT2D eigenvalue weighted by atomic mass is 10.1. The van der Waals surface area contributed by atoms with Gasteiger partial charge < -0.3 is 9.67 Å². The fraction of sp³-hybridized carbons (Fsp3) is 0.100. The van der Waals surface area contributed by atoms with Crippen molar-refractivity contribution in [3.63, 3.8) is 0 Å². The molecule has 0 saturated carbocycles. The van der Waals surface area contributed by atoms with Crippen molar-refractivity contribution in [3.05, 3.63) is 65.9 Å². The Morgan fingerprint density at radius 3 is 2.59 bits per heavy atom. The first-order valence-electron chi connectivity index (χ1n) is 8.54. The molecule has 0 fully saturated rings. The fourth-order valence-corrected chi connectivity index (χ4v) is 3.71. The van der Waals surface area contributed by atoms with Crippen molar-refractivity contribution in [3.8, 4) is 11.5 Å². The smallest absolute Gasteiger partial charge is 0.196 e. The molecule has 9 heteroatoms. The summed E-state index contributed by atoms with van der Waals surface area (Å²) in [4.78, 5) is 15.6. The van der Waals surface area contributed by atoms with E-state index >= 15 is 0 Å². The summed E-state index contributed by atoms with van der Waals surface area (Å²) in [5.41, 5.74) is 0.375. The number of aliphatic hydroxyl groups is 1. The zero-order chi connectivity index (χ0) is 20.5. The third-order valence-corrected chi connectivity index (χ3v) is 5.51. The molecule has 0 spiro atoms. The molecule has 146 valence electrons. The van der Waals surface area contributed by atoms with Crippen molar-refractivity contribution in [2.24, 2.45) is 7.05 Å². The summed E-state index contributed by atoms with van der Waals surface area (Å²) in [6, 6.07) is 11.3. The molecular weight excluding hydrogens is 398 g/mol. The van der Waals surface area contributed by atoms with Gasteiger partial charge in [0.1, 0.15) is 23.9 Å². The van der Waals surface area contributed by atoms with Gasteiger partial charge in [0.15, 0.2) is 16.8 Å². The fourth-order valence-electron chi connectivity index (χ4n) is 2.91. The summed E-state index contributed by atoms with van der Waals surface area (Å²) in [6.07, 6.45) is 1.66. The first kappa shape index (κ1) is 19.2. The SMILES string of the molecule is Cn1c(Sc2c(F)cc(C(=O)CO)cc2F)nnc1-c1nccc2ccccc12. The standard InChI is InChI=1S/C20H14F2N4O2S/c1-26-19(17-13-5-3-2-4-11(13)6-7-23-17)24-25-20(26)29-18-14(21)8-12(9-15(18)22)16(28)10-27/h2-9,27H,10H2,1H3. The Labute approximate surface area is 168 Å². The number of ketones is 1. The average Bonchev–Trinajstić information content (AvgIpc) is 3.09. The minimum atomic E-state index is -0.917. The Morgan fingerprint density at radius 1 is 1.14 bits per heavy atom. The third kappa shape index (κ3) is 3.50. The van der Waals surface area contributed by atoms with Crippen LogP contribution >= 0.6 is 11.8 Å². The molecule has 0 amide bonds. The van der Waals surface area contributed by atoms with E-state index in [0.717, 1.165) is 34.7 Å². The normalized spacial score (nSPS) is 11.2. The average molecular weight is 412 g/mol. The van der Waals surface area contributed by atoms with Crippen LogP contribution in [0.15, 0.2) is 58.7 Å². The number of halogens is 2. The van der Waals surface area contributed by atoms with E-state index < -0.39 is 24.0 Å². The predicted octanol–water partition coefficient (Wildman–Crippen LogP) is 3.63.